The third-order valence-corrected chi connectivity index (χ3v) is 3.28. The molecule has 1 aliphatic rings. The van der Waals surface area contributed by atoms with Gasteiger partial charge in [-0.2, -0.15) is 0 Å². The van der Waals surface area contributed by atoms with Crippen molar-refractivity contribution in [1.29, 1.82) is 0 Å². The van der Waals surface area contributed by atoms with E-state index in [1.54, 1.807) is 19.2 Å². The molecule has 2 rings (SSSR count). The molecule has 3 N–H and O–H groups in total. The van der Waals surface area contributed by atoms with Gasteiger partial charge in [0, 0.05) is 25.7 Å². The lowest BCUT2D eigenvalue weighted by molar-refractivity contribution is -0.00517. The third kappa shape index (κ3) is 2.98. The van der Waals surface area contributed by atoms with Crippen LogP contribution in [0, 0.1) is 0 Å². The highest BCUT2D eigenvalue weighted by molar-refractivity contribution is 5.96. The van der Waals surface area contributed by atoms with Gasteiger partial charge < -0.3 is 20.7 Å². The summed E-state index contributed by atoms with van der Waals surface area (Å²) in [5.41, 5.74) is 8.25. The van der Waals surface area contributed by atoms with Gasteiger partial charge in [0.2, 0.25) is 0 Å². The van der Waals surface area contributed by atoms with Crippen molar-refractivity contribution in [3.8, 4) is 0 Å². The van der Waals surface area contributed by atoms with Gasteiger partial charge >= 0.3 is 0 Å². The van der Waals surface area contributed by atoms with Gasteiger partial charge in [0.1, 0.15) is 0 Å². The Bertz CT molecular complexity index is 466. The summed E-state index contributed by atoms with van der Waals surface area (Å²) in [5.74, 6) is -0.123. The lowest BCUT2D eigenvalue weighted by Gasteiger charge is -2.37. The summed E-state index contributed by atoms with van der Waals surface area (Å²) in [5, 5.41) is 2.59. The topological polar surface area (TPSA) is 67.6 Å². The van der Waals surface area contributed by atoms with E-state index in [1.165, 1.54) is 0 Å². The van der Waals surface area contributed by atoms with E-state index < -0.39 is 0 Å². The van der Waals surface area contributed by atoms with Crippen LogP contribution in [0.15, 0.2) is 18.2 Å². The van der Waals surface area contributed by atoms with Crippen LogP contribution in [-0.2, 0) is 4.74 Å². The van der Waals surface area contributed by atoms with E-state index in [9.17, 15) is 4.79 Å². The number of ether oxygens (including phenoxy) is 1. The van der Waals surface area contributed by atoms with Gasteiger partial charge in [-0.3, -0.25) is 4.79 Å². The lowest BCUT2D eigenvalue weighted by Crippen LogP contribution is -2.45. The molecule has 1 aliphatic heterocycles. The van der Waals surface area contributed by atoms with Crippen LogP contribution in [0.25, 0.3) is 0 Å². The summed E-state index contributed by atoms with van der Waals surface area (Å²) in [4.78, 5) is 13.8. The monoisotopic (exact) mass is 263 g/mol. The molecule has 2 atom stereocenters. The molecule has 0 aromatic heterocycles. The highest BCUT2D eigenvalue weighted by atomic mass is 16.5. The molecule has 5 nitrogen and oxygen atoms in total. The number of nitrogens with two attached hydrogens (primary N) is 1. The molecule has 1 amide bonds. The Morgan fingerprint density at radius 2 is 2.00 bits per heavy atom. The van der Waals surface area contributed by atoms with Crippen LogP contribution in [0.5, 0.6) is 0 Å². The second-order valence-electron chi connectivity index (χ2n) is 5.02. The maximum Gasteiger partial charge on any atom is 0.251 e. The zero-order valence-corrected chi connectivity index (χ0v) is 11.6. The van der Waals surface area contributed by atoms with Gasteiger partial charge in [-0.25, -0.2) is 0 Å². The van der Waals surface area contributed by atoms with Gasteiger partial charge in [-0.05, 0) is 32.0 Å². The van der Waals surface area contributed by atoms with E-state index in [0.717, 1.165) is 18.8 Å². The molecule has 104 valence electrons. The molecule has 1 fully saturated rings. The van der Waals surface area contributed by atoms with E-state index in [-0.39, 0.29) is 18.1 Å². The van der Waals surface area contributed by atoms with Crippen LogP contribution in [0.4, 0.5) is 11.4 Å². The predicted octanol–water partition coefficient (Wildman–Crippen LogP) is 1.24. The molecule has 0 unspecified atom stereocenters. The summed E-state index contributed by atoms with van der Waals surface area (Å²) < 4.78 is 5.71. The van der Waals surface area contributed by atoms with Gasteiger partial charge in [0.05, 0.1) is 23.6 Å². The molecular weight excluding hydrogens is 242 g/mol. The van der Waals surface area contributed by atoms with Crippen molar-refractivity contribution in [3.63, 3.8) is 0 Å². The Kier molecular flexibility index (Phi) is 3.95. The Morgan fingerprint density at radius 1 is 1.37 bits per heavy atom. The van der Waals surface area contributed by atoms with E-state index in [4.69, 9.17) is 10.5 Å². The number of morpholine rings is 1. The quantitative estimate of drug-likeness (QED) is 0.788. The molecule has 1 heterocycles. The van der Waals surface area contributed by atoms with E-state index in [2.05, 4.69) is 24.1 Å². The number of hydrogen-bond donors (Lipinski definition) is 2. The Morgan fingerprint density at radius 3 is 2.53 bits per heavy atom. The first-order chi connectivity index (χ1) is 9.01. The minimum atomic E-state index is -0.123. The van der Waals surface area contributed by atoms with Crippen molar-refractivity contribution in [2.24, 2.45) is 0 Å². The fraction of sp³-hybridized carbons (Fsp3) is 0.500. The first-order valence-corrected chi connectivity index (χ1v) is 6.53. The van der Waals surface area contributed by atoms with Gasteiger partial charge in [0.15, 0.2) is 0 Å². The molecule has 1 aromatic carbocycles. The van der Waals surface area contributed by atoms with Gasteiger partial charge in [-0.15, -0.1) is 0 Å². The van der Waals surface area contributed by atoms with Crippen LogP contribution >= 0.6 is 0 Å². The largest absolute Gasteiger partial charge is 0.397 e. The minimum absolute atomic E-state index is 0.123. The maximum absolute atomic E-state index is 11.6. The number of carbonyl (C=O) groups is 1. The van der Waals surface area contributed by atoms with Crippen molar-refractivity contribution < 1.29 is 9.53 Å². The number of amides is 1. The summed E-state index contributed by atoms with van der Waals surface area (Å²) in [6, 6.07) is 5.43. The first-order valence-electron chi connectivity index (χ1n) is 6.53. The molecule has 0 aliphatic carbocycles. The minimum Gasteiger partial charge on any atom is -0.397 e. The Hall–Kier alpha value is -1.75. The second-order valence-corrected chi connectivity index (χ2v) is 5.02. The zero-order chi connectivity index (χ0) is 14.0. The molecule has 0 saturated carbocycles. The van der Waals surface area contributed by atoms with Crippen LogP contribution < -0.4 is 16.0 Å². The average molecular weight is 263 g/mol. The van der Waals surface area contributed by atoms with Crippen LogP contribution in [0.3, 0.4) is 0 Å². The fourth-order valence-electron chi connectivity index (χ4n) is 2.50. The molecule has 0 radical (unpaired) electrons. The first kappa shape index (κ1) is 13.7. The number of rotatable bonds is 2. The lowest BCUT2D eigenvalue weighted by atomic mass is 10.1. The van der Waals surface area contributed by atoms with E-state index in [1.807, 2.05) is 6.07 Å². The molecule has 5 heteroatoms. The molecule has 1 aromatic rings. The number of anilines is 2. The van der Waals surface area contributed by atoms with Crippen molar-refractivity contribution in [2.75, 3.05) is 30.8 Å². The van der Waals surface area contributed by atoms with E-state index in [0.29, 0.717) is 11.3 Å². The molecule has 19 heavy (non-hydrogen) atoms. The standard InChI is InChI=1S/C14H21N3O2/c1-9-7-17(8-10(2)19-9)13-5-4-11(6-12(13)15)14(18)16-3/h4-6,9-10H,7-8,15H2,1-3H3,(H,16,18)/t9-,10+. The van der Waals surface area contributed by atoms with Crippen LogP contribution in [0.1, 0.15) is 24.2 Å². The molecule has 0 spiro atoms. The maximum atomic E-state index is 11.6. The number of nitrogens with zero attached hydrogens (tertiary/aromatic N) is 1. The summed E-state index contributed by atoms with van der Waals surface area (Å²) in [6.07, 6.45) is 0.364. The number of nitrogens with one attached hydrogen (secondary N) is 1. The molecule has 1 saturated heterocycles. The highest BCUT2D eigenvalue weighted by Gasteiger charge is 2.23. The summed E-state index contributed by atoms with van der Waals surface area (Å²) in [7, 11) is 1.61. The highest BCUT2D eigenvalue weighted by Crippen LogP contribution is 2.27. The predicted molar refractivity (Wildman–Crippen MR) is 76.5 cm³/mol. The molecule has 0 bridgehead atoms. The zero-order valence-electron chi connectivity index (χ0n) is 11.6. The number of benzene rings is 1. The molecular formula is C14H21N3O2. The second kappa shape index (κ2) is 5.48. The number of carbonyl (C=O) groups excluding carboxylic acids is 1. The van der Waals surface area contributed by atoms with Crippen LogP contribution in [-0.4, -0.2) is 38.3 Å². The van der Waals surface area contributed by atoms with Crippen LogP contribution in [0.2, 0.25) is 0 Å². The Labute approximate surface area is 113 Å². The van der Waals surface area contributed by atoms with Crippen molar-refractivity contribution in [3.05, 3.63) is 23.8 Å². The summed E-state index contributed by atoms with van der Waals surface area (Å²) >= 11 is 0. The average Bonchev–Trinajstić information content (AvgIpc) is 2.36. The third-order valence-electron chi connectivity index (χ3n) is 3.28. The summed E-state index contributed by atoms with van der Waals surface area (Å²) in [6.45, 7) is 5.73. The van der Waals surface area contributed by atoms with Crippen molar-refractivity contribution >= 4 is 17.3 Å². The van der Waals surface area contributed by atoms with E-state index >= 15 is 0 Å². The normalized spacial score (nSPS) is 23.2. The van der Waals surface area contributed by atoms with Gasteiger partial charge in [0.25, 0.3) is 5.91 Å². The van der Waals surface area contributed by atoms with Crippen molar-refractivity contribution in [2.45, 2.75) is 26.1 Å². The van der Waals surface area contributed by atoms with Crippen molar-refractivity contribution in [1.82, 2.24) is 5.32 Å². The SMILES string of the molecule is CNC(=O)c1ccc(N2C[C@@H](C)O[C@@H](C)C2)c(N)c1. The van der Waals surface area contributed by atoms with Gasteiger partial charge in [-0.1, -0.05) is 0 Å². The number of hydrogen-bond acceptors (Lipinski definition) is 4. The Balaban J connectivity index is 2.23. The fourth-order valence-corrected chi connectivity index (χ4v) is 2.50. The number of nitrogen functional groups attached to an aromatic ring is 1. The smallest absolute Gasteiger partial charge is 0.251 e.